The molecule has 0 radical (unpaired) electrons. The number of primary amides is 1. The second-order valence-electron chi connectivity index (χ2n) is 2.90. The van der Waals surface area contributed by atoms with E-state index in [1.54, 1.807) is 0 Å². The first-order valence-electron chi connectivity index (χ1n) is 4.38. The van der Waals surface area contributed by atoms with Gasteiger partial charge in [-0.1, -0.05) is 0 Å². The predicted octanol–water partition coefficient (Wildman–Crippen LogP) is -1.66. The van der Waals surface area contributed by atoms with Crippen LogP contribution in [0.2, 0.25) is 0 Å². The highest BCUT2D eigenvalue weighted by atomic mass is 16.5. The van der Waals surface area contributed by atoms with Gasteiger partial charge in [-0.25, -0.2) is 0 Å². The molecule has 6 heteroatoms. The Morgan fingerprint density at radius 2 is 2.14 bits per heavy atom. The zero-order chi connectivity index (χ0) is 11.0. The lowest BCUT2D eigenvalue weighted by Gasteiger charge is -2.10. The number of amides is 2. The summed E-state index contributed by atoms with van der Waals surface area (Å²) in [6.07, 6.45) is 0.585. The van der Waals surface area contributed by atoms with Crippen molar-refractivity contribution in [3.63, 3.8) is 0 Å². The van der Waals surface area contributed by atoms with E-state index in [9.17, 15) is 9.59 Å². The fraction of sp³-hybridized carbons (Fsp3) is 0.750. The summed E-state index contributed by atoms with van der Waals surface area (Å²) >= 11 is 0. The molecular weight excluding hydrogens is 186 g/mol. The van der Waals surface area contributed by atoms with Crippen molar-refractivity contribution in [3.05, 3.63) is 0 Å². The van der Waals surface area contributed by atoms with Crippen molar-refractivity contribution in [2.24, 2.45) is 11.5 Å². The topological polar surface area (TPSA) is 107 Å². The molecule has 0 heterocycles. The Balaban J connectivity index is 3.56. The number of nitrogens with two attached hydrogens (primary N) is 2. The van der Waals surface area contributed by atoms with Gasteiger partial charge in [-0.2, -0.15) is 0 Å². The molecule has 0 bridgehead atoms. The minimum atomic E-state index is -0.595. The highest BCUT2D eigenvalue weighted by Crippen LogP contribution is 1.88. The third-order valence-corrected chi connectivity index (χ3v) is 1.64. The van der Waals surface area contributed by atoms with Gasteiger partial charge in [0.15, 0.2) is 0 Å². The molecule has 0 aromatic heterocycles. The van der Waals surface area contributed by atoms with E-state index in [-0.39, 0.29) is 18.9 Å². The maximum Gasteiger partial charge on any atom is 0.237 e. The van der Waals surface area contributed by atoms with E-state index in [1.807, 2.05) is 0 Å². The van der Waals surface area contributed by atoms with Gasteiger partial charge in [0.2, 0.25) is 11.8 Å². The van der Waals surface area contributed by atoms with Gasteiger partial charge in [0, 0.05) is 26.7 Å². The van der Waals surface area contributed by atoms with Crippen LogP contribution in [0.4, 0.5) is 0 Å². The molecule has 0 aliphatic carbocycles. The predicted molar refractivity (Wildman–Crippen MR) is 51.3 cm³/mol. The van der Waals surface area contributed by atoms with Gasteiger partial charge >= 0.3 is 0 Å². The van der Waals surface area contributed by atoms with E-state index >= 15 is 0 Å². The van der Waals surface area contributed by atoms with Crippen molar-refractivity contribution in [1.29, 1.82) is 0 Å². The molecule has 1 atom stereocenters. The lowest BCUT2D eigenvalue weighted by molar-refractivity contribution is -0.123. The molecule has 0 aliphatic heterocycles. The van der Waals surface area contributed by atoms with E-state index in [4.69, 9.17) is 16.2 Å². The lowest BCUT2D eigenvalue weighted by atomic mass is 10.2. The summed E-state index contributed by atoms with van der Waals surface area (Å²) in [5, 5.41) is 2.50. The van der Waals surface area contributed by atoms with Crippen molar-refractivity contribution in [3.8, 4) is 0 Å². The zero-order valence-electron chi connectivity index (χ0n) is 8.29. The molecule has 0 saturated carbocycles. The SMILES string of the molecule is COCCC(N)C(=O)NCCC(N)=O. The summed E-state index contributed by atoms with van der Waals surface area (Å²) in [4.78, 5) is 21.5. The minimum Gasteiger partial charge on any atom is -0.385 e. The monoisotopic (exact) mass is 203 g/mol. The van der Waals surface area contributed by atoms with Crippen molar-refractivity contribution in [2.45, 2.75) is 18.9 Å². The maximum atomic E-state index is 11.2. The molecule has 5 N–H and O–H groups in total. The van der Waals surface area contributed by atoms with Crippen LogP contribution in [0.1, 0.15) is 12.8 Å². The van der Waals surface area contributed by atoms with E-state index in [1.165, 1.54) is 7.11 Å². The Kier molecular flexibility index (Phi) is 6.69. The molecule has 0 fully saturated rings. The van der Waals surface area contributed by atoms with Crippen molar-refractivity contribution >= 4 is 11.8 Å². The molecule has 0 rings (SSSR count). The number of carbonyl (C=O) groups is 2. The van der Waals surface area contributed by atoms with Crippen LogP contribution in [-0.2, 0) is 14.3 Å². The first-order chi connectivity index (χ1) is 6.57. The van der Waals surface area contributed by atoms with Crippen LogP contribution < -0.4 is 16.8 Å². The summed E-state index contributed by atoms with van der Waals surface area (Å²) in [5.74, 6) is -0.737. The van der Waals surface area contributed by atoms with Gasteiger partial charge in [-0.05, 0) is 6.42 Å². The number of hydrogen-bond donors (Lipinski definition) is 3. The molecule has 14 heavy (non-hydrogen) atoms. The number of nitrogens with one attached hydrogen (secondary N) is 1. The normalized spacial score (nSPS) is 12.1. The quantitative estimate of drug-likeness (QED) is 0.460. The molecule has 2 amide bonds. The number of methoxy groups -OCH3 is 1. The Labute approximate surface area is 83.0 Å². The minimum absolute atomic E-state index is 0.128. The van der Waals surface area contributed by atoms with E-state index < -0.39 is 11.9 Å². The van der Waals surface area contributed by atoms with Crippen LogP contribution in [0.3, 0.4) is 0 Å². The van der Waals surface area contributed by atoms with Gasteiger partial charge in [0.05, 0.1) is 6.04 Å². The van der Waals surface area contributed by atoms with Crippen LogP contribution in [0.5, 0.6) is 0 Å². The summed E-state index contributed by atoms with van der Waals surface area (Å²) in [7, 11) is 1.54. The van der Waals surface area contributed by atoms with Crippen molar-refractivity contribution in [1.82, 2.24) is 5.32 Å². The van der Waals surface area contributed by atoms with E-state index in [2.05, 4.69) is 5.32 Å². The summed E-state index contributed by atoms with van der Waals surface area (Å²) in [6, 6.07) is -0.595. The van der Waals surface area contributed by atoms with Crippen molar-refractivity contribution < 1.29 is 14.3 Å². The highest BCUT2D eigenvalue weighted by molar-refractivity contribution is 5.82. The molecule has 0 aliphatic rings. The lowest BCUT2D eigenvalue weighted by Crippen LogP contribution is -2.42. The molecular formula is C8H17N3O3. The number of rotatable bonds is 7. The van der Waals surface area contributed by atoms with Crippen LogP contribution in [0.15, 0.2) is 0 Å². The number of carbonyl (C=O) groups excluding carboxylic acids is 2. The molecule has 82 valence electrons. The Morgan fingerprint density at radius 3 is 2.64 bits per heavy atom. The van der Waals surface area contributed by atoms with Crippen LogP contribution in [0.25, 0.3) is 0 Å². The first-order valence-corrected chi connectivity index (χ1v) is 4.38. The van der Waals surface area contributed by atoms with Crippen LogP contribution in [0, 0.1) is 0 Å². The third-order valence-electron chi connectivity index (χ3n) is 1.64. The molecule has 0 aromatic rings. The van der Waals surface area contributed by atoms with Gasteiger partial charge in [-0.15, -0.1) is 0 Å². The van der Waals surface area contributed by atoms with Gasteiger partial charge in [-0.3, -0.25) is 9.59 Å². The molecule has 1 unspecified atom stereocenters. The Hall–Kier alpha value is -1.14. The van der Waals surface area contributed by atoms with Gasteiger partial charge < -0.3 is 21.5 Å². The van der Waals surface area contributed by atoms with Crippen LogP contribution in [-0.4, -0.2) is 38.1 Å². The largest absolute Gasteiger partial charge is 0.385 e. The van der Waals surface area contributed by atoms with Crippen molar-refractivity contribution in [2.75, 3.05) is 20.3 Å². The molecule has 0 aromatic carbocycles. The van der Waals surface area contributed by atoms with Crippen LogP contribution >= 0.6 is 0 Å². The second-order valence-corrected chi connectivity index (χ2v) is 2.90. The number of hydrogen-bond acceptors (Lipinski definition) is 4. The summed E-state index contributed by atoms with van der Waals surface area (Å²) < 4.78 is 4.77. The molecule has 6 nitrogen and oxygen atoms in total. The summed E-state index contributed by atoms with van der Waals surface area (Å²) in [5.41, 5.74) is 10.4. The smallest absolute Gasteiger partial charge is 0.237 e. The molecule has 0 saturated heterocycles. The third kappa shape index (κ3) is 6.38. The standard InChI is InChI=1S/C8H17N3O3/c1-14-5-3-6(9)8(13)11-4-2-7(10)12/h6H,2-5,9H2,1H3,(H2,10,12)(H,11,13). The van der Waals surface area contributed by atoms with Gasteiger partial charge in [0.25, 0.3) is 0 Å². The average Bonchev–Trinajstić information content (AvgIpc) is 2.13. The highest BCUT2D eigenvalue weighted by Gasteiger charge is 2.12. The van der Waals surface area contributed by atoms with E-state index in [0.29, 0.717) is 13.0 Å². The summed E-state index contributed by atoms with van der Waals surface area (Å²) in [6.45, 7) is 0.666. The van der Waals surface area contributed by atoms with E-state index in [0.717, 1.165) is 0 Å². The molecule has 0 spiro atoms. The zero-order valence-corrected chi connectivity index (χ0v) is 8.29. The first kappa shape index (κ1) is 12.9. The second kappa shape index (κ2) is 7.28. The fourth-order valence-corrected chi connectivity index (χ4v) is 0.816. The fourth-order valence-electron chi connectivity index (χ4n) is 0.816. The average molecular weight is 203 g/mol. The number of ether oxygens (including phenoxy) is 1. The maximum absolute atomic E-state index is 11.2. The Bertz CT molecular complexity index is 196. The van der Waals surface area contributed by atoms with Gasteiger partial charge in [0.1, 0.15) is 0 Å². The Morgan fingerprint density at radius 1 is 1.50 bits per heavy atom.